The number of aliphatic carboxylic acids is 1. The zero-order valence-corrected chi connectivity index (χ0v) is 13.6. The topological polar surface area (TPSA) is 64.1 Å². The molecule has 2 aliphatic rings. The van der Waals surface area contributed by atoms with Crippen LogP contribution >= 0.6 is 11.8 Å². The number of urea groups is 1. The van der Waals surface area contributed by atoms with Crippen LogP contribution < -0.4 is 0 Å². The Morgan fingerprint density at radius 2 is 2.14 bits per heavy atom. The molecule has 1 N–H and O–H groups in total. The molecule has 7 heteroatoms. The number of likely N-dealkylation sites (N-methyl/N-ethyl adjacent to an activating group) is 2. The van der Waals surface area contributed by atoms with Gasteiger partial charge in [-0.2, -0.15) is 11.8 Å². The number of carbonyl (C=O) groups excluding carboxylic acids is 1. The summed E-state index contributed by atoms with van der Waals surface area (Å²) < 4.78 is 0. The number of thioether (sulfide) groups is 1. The van der Waals surface area contributed by atoms with Gasteiger partial charge in [-0.3, -0.25) is 4.79 Å². The first-order valence-corrected chi connectivity index (χ1v) is 8.66. The summed E-state index contributed by atoms with van der Waals surface area (Å²) in [6.07, 6.45) is 2.17. The molecular weight excluding hydrogens is 290 g/mol. The van der Waals surface area contributed by atoms with Crippen LogP contribution in [-0.4, -0.2) is 89.1 Å². The highest BCUT2D eigenvalue weighted by atomic mass is 32.2. The van der Waals surface area contributed by atoms with Crippen LogP contribution in [0.1, 0.15) is 19.3 Å². The monoisotopic (exact) mass is 315 g/mol. The summed E-state index contributed by atoms with van der Waals surface area (Å²) >= 11 is 1.73. The summed E-state index contributed by atoms with van der Waals surface area (Å²) in [5, 5.41) is 9.02. The lowest BCUT2D eigenvalue weighted by Gasteiger charge is -2.41. The van der Waals surface area contributed by atoms with Gasteiger partial charge >= 0.3 is 12.0 Å². The van der Waals surface area contributed by atoms with Crippen molar-refractivity contribution in [3.05, 3.63) is 0 Å². The summed E-state index contributed by atoms with van der Waals surface area (Å²) in [4.78, 5) is 29.5. The molecule has 2 rings (SSSR count). The molecule has 2 heterocycles. The van der Waals surface area contributed by atoms with Crippen molar-refractivity contribution in [2.75, 3.05) is 45.2 Å². The molecule has 6 nitrogen and oxygen atoms in total. The number of carboxylic acids is 1. The highest BCUT2D eigenvalue weighted by Gasteiger charge is 2.33. The van der Waals surface area contributed by atoms with E-state index in [0.29, 0.717) is 6.54 Å². The highest BCUT2D eigenvalue weighted by molar-refractivity contribution is 7.99. The van der Waals surface area contributed by atoms with Gasteiger partial charge in [0.1, 0.15) is 0 Å². The number of amides is 2. The van der Waals surface area contributed by atoms with E-state index in [-0.39, 0.29) is 24.5 Å². The third-order valence-electron chi connectivity index (χ3n) is 4.33. The van der Waals surface area contributed by atoms with Crippen LogP contribution in [0.4, 0.5) is 4.79 Å². The van der Waals surface area contributed by atoms with E-state index < -0.39 is 5.97 Å². The molecule has 2 atom stereocenters. The number of hydrogen-bond acceptors (Lipinski definition) is 4. The first-order valence-electron chi connectivity index (χ1n) is 7.50. The Morgan fingerprint density at radius 3 is 2.81 bits per heavy atom. The van der Waals surface area contributed by atoms with Crippen LogP contribution in [-0.2, 0) is 4.79 Å². The molecule has 21 heavy (non-hydrogen) atoms. The second kappa shape index (κ2) is 7.35. The number of carboxylic acid groups (broad SMARTS) is 1. The van der Waals surface area contributed by atoms with Gasteiger partial charge in [-0.15, -0.1) is 0 Å². The molecule has 0 aromatic carbocycles. The van der Waals surface area contributed by atoms with Crippen LogP contribution in [0.25, 0.3) is 0 Å². The molecule has 2 amide bonds. The van der Waals surface area contributed by atoms with Gasteiger partial charge < -0.3 is 19.8 Å². The lowest BCUT2D eigenvalue weighted by molar-refractivity contribution is -0.138. The molecule has 0 aromatic heterocycles. The summed E-state index contributed by atoms with van der Waals surface area (Å²) in [6.45, 7) is 2.63. The highest BCUT2D eigenvalue weighted by Crippen LogP contribution is 2.22. The fourth-order valence-electron chi connectivity index (χ4n) is 3.09. The van der Waals surface area contributed by atoms with Crippen LogP contribution in [0.2, 0.25) is 0 Å². The quantitative estimate of drug-likeness (QED) is 0.842. The van der Waals surface area contributed by atoms with Crippen molar-refractivity contribution in [1.29, 1.82) is 0 Å². The zero-order chi connectivity index (χ0) is 15.4. The standard InChI is InChI=1S/C14H25N3O3S/c1-15-5-3-4-11(9-15)16(2)14(20)17-6-7-21-10-12(17)8-13(18)19/h11-12H,3-10H2,1-2H3,(H,18,19). The van der Waals surface area contributed by atoms with E-state index in [1.807, 2.05) is 11.9 Å². The Kier molecular flexibility index (Phi) is 5.75. The van der Waals surface area contributed by atoms with Crippen molar-refractivity contribution in [1.82, 2.24) is 14.7 Å². The number of nitrogens with zero attached hydrogens (tertiary/aromatic N) is 3. The van der Waals surface area contributed by atoms with E-state index in [1.54, 1.807) is 16.7 Å². The van der Waals surface area contributed by atoms with Gasteiger partial charge in [0.15, 0.2) is 0 Å². The minimum absolute atomic E-state index is 0.0122. The van der Waals surface area contributed by atoms with E-state index >= 15 is 0 Å². The SMILES string of the molecule is CN1CCCC(N(C)C(=O)N2CCSCC2CC(=O)O)C1. The van der Waals surface area contributed by atoms with Crippen LogP contribution in [0.5, 0.6) is 0 Å². The Balaban J connectivity index is 2.00. The predicted octanol–water partition coefficient (Wildman–Crippen LogP) is 1.02. The number of carbonyl (C=O) groups is 2. The van der Waals surface area contributed by atoms with Crippen molar-refractivity contribution < 1.29 is 14.7 Å². The third kappa shape index (κ3) is 4.26. The average molecular weight is 315 g/mol. The molecular formula is C14H25N3O3S. The second-order valence-electron chi connectivity index (χ2n) is 5.97. The summed E-state index contributed by atoms with van der Waals surface area (Å²) in [7, 11) is 3.93. The molecule has 0 saturated carbocycles. The Labute approximate surface area is 130 Å². The number of hydrogen-bond donors (Lipinski definition) is 1. The van der Waals surface area contributed by atoms with E-state index in [0.717, 1.165) is 37.4 Å². The van der Waals surface area contributed by atoms with E-state index in [4.69, 9.17) is 5.11 Å². The zero-order valence-electron chi connectivity index (χ0n) is 12.8. The summed E-state index contributed by atoms with van der Waals surface area (Å²) in [6, 6.07) is 0.0377. The molecule has 0 bridgehead atoms. The third-order valence-corrected chi connectivity index (χ3v) is 5.42. The minimum atomic E-state index is -0.833. The van der Waals surface area contributed by atoms with Crippen molar-refractivity contribution in [2.24, 2.45) is 0 Å². The lowest BCUT2D eigenvalue weighted by Crippen LogP contribution is -2.56. The first-order chi connectivity index (χ1) is 9.99. The van der Waals surface area contributed by atoms with Gasteiger partial charge in [0.05, 0.1) is 12.5 Å². The Bertz CT molecular complexity index is 394. The molecule has 2 aliphatic heterocycles. The molecule has 0 spiro atoms. The van der Waals surface area contributed by atoms with E-state index in [2.05, 4.69) is 11.9 Å². The molecule has 120 valence electrons. The van der Waals surface area contributed by atoms with E-state index in [9.17, 15) is 9.59 Å². The van der Waals surface area contributed by atoms with Crippen LogP contribution in [0, 0.1) is 0 Å². The minimum Gasteiger partial charge on any atom is -0.481 e. The van der Waals surface area contributed by atoms with Gasteiger partial charge in [-0.25, -0.2) is 4.79 Å². The Morgan fingerprint density at radius 1 is 1.38 bits per heavy atom. The average Bonchev–Trinajstić information content (AvgIpc) is 2.46. The normalized spacial score (nSPS) is 27.4. The Hall–Kier alpha value is -0.950. The van der Waals surface area contributed by atoms with Crippen molar-refractivity contribution in [2.45, 2.75) is 31.3 Å². The molecule has 0 radical (unpaired) electrons. The fourth-order valence-corrected chi connectivity index (χ4v) is 4.15. The number of likely N-dealkylation sites (tertiary alicyclic amines) is 1. The smallest absolute Gasteiger partial charge is 0.320 e. The van der Waals surface area contributed by atoms with Gasteiger partial charge in [-0.1, -0.05) is 0 Å². The van der Waals surface area contributed by atoms with E-state index in [1.165, 1.54) is 0 Å². The van der Waals surface area contributed by atoms with Gasteiger partial charge in [0.25, 0.3) is 0 Å². The summed E-state index contributed by atoms with van der Waals surface area (Å²) in [5.41, 5.74) is 0. The van der Waals surface area contributed by atoms with Gasteiger partial charge in [0, 0.05) is 37.7 Å². The van der Waals surface area contributed by atoms with Crippen molar-refractivity contribution >= 4 is 23.8 Å². The fraction of sp³-hybridized carbons (Fsp3) is 0.857. The van der Waals surface area contributed by atoms with Crippen LogP contribution in [0.3, 0.4) is 0 Å². The molecule has 2 saturated heterocycles. The maximum absolute atomic E-state index is 12.7. The molecule has 0 aromatic rings. The second-order valence-corrected chi connectivity index (χ2v) is 7.12. The van der Waals surface area contributed by atoms with Crippen LogP contribution in [0.15, 0.2) is 0 Å². The van der Waals surface area contributed by atoms with Gasteiger partial charge in [-0.05, 0) is 26.4 Å². The number of rotatable bonds is 3. The van der Waals surface area contributed by atoms with Crippen molar-refractivity contribution in [3.63, 3.8) is 0 Å². The van der Waals surface area contributed by atoms with Crippen molar-refractivity contribution in [3.8, 4) is 0 Å². The lowest BCUT2D eigenvalue weighted by atomic mass is 10.1. The maximum atomic E-state index is 12.7. The predicted molar refractivity (Wildman–Crippen MR) is 83.7 cm³/mol. The maximum Gasteiger partial charge on any atom is 0.320 e. The summed E-state index contributed by atoms with van der Waals surface area (Å²) in [5.74, 6) is 0.775. The first kappa shape index (κ1) is 16.4. The molecule has 2 fully saturated rings. The van der Waals surface area contributed by atoms with Gasteiger partial charge in [0.2, 0.25) is 0 Å². The molecule has 0 aliphatic carbocycles. The largest absolute Gasteiger partial charge is 0.481 e. The number of piperidine rings is 1. The molecule has 2 unspecified atom stereocenters.